The van der Waals surface area contributed by atoms with Gasteiger partial charge in [0.2, 0.25) is 0 Å². The summed E-state index contributed by atoms with van der Waals surface area (Å²) < 4.78 is 0. The highest BCUT2D eigenvalue weighted by molar-refractivity contribution is 5.88. The Morgan fingerprint density at radius 2 is 2.12 bits per heavy atom. The van der Waals surface area contributed by atoms with Crippen LogP contribution in [0.15, 0.2) is 36.5 Å². The van der Waals surface area contributed by atoms with E-state index in [0.29, 0.717) is 12.4 Å². The lowest BCUT2D eigenvalue weighted by Crippen LogP contribution is -2.28. The van der Waals surface area contributed by atoms with E-state index in [1.807, 2.05) is 37.3 Å². The van der Waals surface area contributed by atoms with Gasteiger partial charge in [-0.3, -0.25) is 10.4 Å². The zero-order valence-corrected chi connectivity index (χ0v) is 9.53. The fraction of sp³-hybridized carbons (Fsp3) is 0.167. The third kappa shape index (κ3) is 3.07. The van der Waals surface area contributed by atoms with Gasteiger partial charge in [-0.05, 0) is 12.5 Å². The van der Waals surface area contributed by atoms with Gasteiger partial charge in [-0.2, -0.15) is 5.10 Å². The average molecular weight is 230 g/mol. The van der Waals surface area contributed by atoms with E-state index in [2.05, 4.69) is 20.8 Å². The summed E-state index contributed by atoms with van der Waals surface area (Å²) in [6.07, 6.45) is 1.66. The number of aromatic nitrogens is 2. The van der Waals surface area contributed by atoms with Crippen molar-refractivity contribution in [2.75, 3.05) is 5.32 Å². The maximum Gasteiger partial charge on any atom is 0.320 e. The number of aryl methyl sites for hydroxylation is 1. The molecular weight excluding hydrogens is 216 g/mol. The second kappa shape index (κ2) is 5.16. The highest BCUT2D eigenvalue weighted by atomic mass is 16.2. The highest BCUT2D eigenvalue weighted by Gasteiger charge is 2.04. The van der Waals surface area contributed by atoms with E-state index in [1.54, 1.807) is 6.20 Å². The number of urea groups is 1. The Balaban J connectivity index is 1.85. The molecule has 0 bridgehead atoms. The van der Waals surface area contributed by atoms with E-state index in [-0.39, 0.29) is 6.03 Å². The lowest BCUT2D eigenvalue weighted by Gasteiger charge is -2.06. The molecule has 0 spiro atoms. The fourth-order valence-corrected chi connectivity index (χ4v) is 1.41. The lowest BCUT2D eigenvalue weighted by atomic mass is 10.2. The molecule has 2 amide bonds. The summed E-state index contributed by atoms with van der Waals surface area (Å²) in [5.74, 6) is 0.621. The molecule has 2 aromatic rings. The summed E-state index contributed by atoms with van der Waals surface area (Å²) in [7, 11) is 0. The average Bonchev–Trinajstić information content (AvgIpc) is 2.74. The number of nitrogens with zero attached hydrogens (tertiary/aromatic N) is 1. The molecule has 0 unspecified atom stereocenters. The zero-order valence-electron chi connectivity index (χ0n) is 9.53. The van der Waals surface area contributed by atoms with E-state index >= 15 is 0 Å². The van der Waals surface area contributed by atoms with Crippen LogP contribution in [0.1, 0.15) is 11.1 Å². The van der Waals surface area contributed by atoms with Crippen molar-refractivity contribution in [1.82, 2.24) is 15.5 Å². The number of hydrogen-bond donors (Lipinski definition) is 3. The first-order chi connectivity index (χ1) is 8.25. The number of H-pyrrole nitrogens is 1. The van der Waals surface area contributed by atoms with Crippen LogP contribution in [0.5, 0.6) is 0 Å². The van der Waals surface area contributed by atoms with Crippen LogP contribution in [0, 0.1) is 6.92 Å². The monoisotopic (exact) mass is 230 g/mol. The molecule has 5 nitrogen and oxygen atoms in total. The molecule has 88 valence electrons. The smallest absolute Gasteiger partial charge is 0.320 e. The Bertz CT molecular complexity index is 492. The van der Waals surface area contributed by atoms with Crippen molar-refractivity contribution >= 4 is 11.8 Å². The summed E-state index contributed by atoms with van der Waals surface area (Å²) in [5, 5.41) is 12.0. The van der Waals surface area contributed by atoms with Gasteiger partial charge < -0.3 is 5.32 Å². The second-order valence-corrected chi connectivity index (χ2v) is 3.72. The van der Waals surface area contributed by atoms with Crippen molar-refractivity contribution < 1.29 is 4.79 Å². The summed E-state index contributed by atoms with van der Waals surface area (Å²) in [6.45, 7) is 2.37. The standard InChI is InChI=1S/C12H14N4O/c1-9-7-14-16-11(9)15-12(17)13-8-10-5-3-2-4-6-10/h2-7H,8H2,1H3,(H3,13,14,15,16,17). The molecule has 0 radical (unpaired) electrons. The number of amides is 2. The fourth-order valence-electron chi connectivity index (χ4n) is 1.41. The number of rotatable bonds is 3. The Morgan fingerprint density at radius 3 is 2.76 bits per heavy atom. The Kier molecular flexibility index (Phi) is 3.40. The van der Waals surface area contributed by atoms with Gasteiger partial charge in [0, 0.05) is 12.1 Å². The SMILES string of the molecule is Cc1cn[nH]c1NC(=O)NCc1ccccc1. The molecule has 17 heavy (non-hydrogen) atoms. The first kappa shape index (κ1) is 11.2. The van der Waals surface area contributed by atoms with E-state index < -0.39 is 0 Å². The van der Waals surface area contributed by atoms with Crippen LogP contribution < -0.4 is 10.6 Å². The number of nitrogens with one attached hydrogen (secondary N) is 3. The highest BCUT2D eigenvalue weighted by Crippen LogP contribution is 2.07. The first-order valence-corrected chi connectivity index (χ1v) is 5.34. The molecule has 2 rings (SSSR count). The minimum atomic E-state index is -0.249. The third-order valence-electron chi connectivity index (χ3n) is 2.36. The number of hydrogen-bond acceptors (Lipinski definition) is 2. The predicted molar refractivity (Wildman–Crippen MR) is 65.6 cm³/mol. The van der Waals surface area contributed by atoms with Crippen LogP contribution in [0.3, 0.4) is 0 Å². The molecule has 0 aliphatic rings. The quantitative estimate of drug-likeness (QED) is 0.755. The van der Waals surface area contributed by atoms with Crippen LogP contribution in [0.25, 0.3) is 0 Å². The van der Waals surface area contributed by atoms with Gasteiger partial charge in [-0.15, -0.1) is 0 Å². The minimum absolute atomic E-state index is 0.249. The van der Waals surface area contributed by atoms with Crippen LogP contribution >= 0.6 is 0 Å². The molecule has 1 aromatic heterocycles. The minimum Gasteiger partial charge on any atom is -0.334 e. The molecule has 1 heterocycles. The Hall–Kier alpha value is -2.30. The van der Waals surface area contributed by atoms with E-state index in [9.17, 15) is 4.79 Å². The molecule has 0 atom stereocenters. The topological polar surface area (TPSA) is 69.8 Å². The van der Waals surface area contributed by atoms with Crippen LogP contribution in [-0.4, -0.2) is 16.2 Å². The van der Waals surface area contributed by atoms with Crippen molar-refractivity contribution in [1.29, 1.82) is 0 Å². The number of benzene rings is 1. The molecule has 0 aliphatic heterocycles. The van der Waals surface area contributed by atoms with Gasteiger partial charge in [-0.25, -0.2) is 4.79 Å². The Morgan fingerprint density at radius 1 is 1.35 bits per heavy atom. The summed E-state index contributed by atoms with van der Waals surface area (Å²) in [5.41, 5.74) is 1.96. The van der Waals surface area contributed by atoms with Gasteiger partial charge in [0.05, 0.1) is 6.20 Å². The molecule has 0 aliphatic carbocycles. The molecule has 0 saturated heterocycles. The maximum absolute atomic E-state index is 11.6. The largest absolute Gasteiger partial charge is 0.334 e. The van der Waals surface area contributed by atoms with Crippen molar-refractivity contribution in [3.05, 3.63) is 47.7 Å². The maximum atomic E-state index is 11.6. The number of carbonyl (C=O) groups is 1. The molecular formula is C12H14N4O. The third-order valence-corrected chi connectivity index (χ3v) is 2.36. The van der Waals surface area contributed by atoms with Crippen molar-refractivity contribution in [3.8, 4) is 0 Å². The summed E-state index contributed by atoms with van der Waals surface area (Å²) in [4.78, 5) is 11.6. The van der Waals surface area contributed by atoms with Gasteiger partial charge in [0.15, 0.2) is 0 Å². The molecule has 0 fully saturated rings. The zero-order chi connectivity index (χ0) is 12.1. The Labute approximate surface area is 99.2 Å². The molecule has 1 aromatic carbocycles. The van der Waals surface area contributed by atoms with Gasteiger partial charge >= 0.3 is 6.03 Å². The van der Waals surface area contributed by atoms with Gasteiger partial charge in [-0.1, -0.05) is 30.3 Å². The number of carbonyl (C=O) groups excluding carboxylic acids is 1. The number of anilines is 1. The van der Waals surface area contributed by atoms with Crippen LogP contribution in [0.2, 0.25) is 0 Å². The van der Waals surface area contributed by atoms with Crippen molar-refractivity contribution in [2.24, 2.45) is 0 Å². The van der Waals surface area contributed by atoms with Gasteiger partial charge in [0.25, 0.3) is 0 Å². The predicted octanol–water partition coefficient (Wildman–Crippen LogP) is 2.04. The van der Waals surface area contributed by atoms with Crippen LogP contribution in [0.4, 0.5) is 10.6 Å². The normalized spacial score (nSPS) is 9.94. The van der Waals surface area contributed by atoms with E-state index in [4.69, 9.17) is 0 Å². The van der Waals surface area contributed by atoms with E-state index in [0.717, 1.165) is 11.1 Å². The van der Waals surface area contributed by atoms with Crippen LogP contribution in [-0.2, 0) is 6.54 Å². The summed E-state index contributed by atoms with van der Waals surface area (Å²) >= 11 is 0. The van der Waals surface area contributed by atoms with Crippen molar-refractivity contribution in [3.63, 3.8) is 0 Å². The molecule has 0 saturated carbocycles. The van der Waals surface area contributed by atoms with Gasteiger partial charge in [0.1, 0.15) is 5.82 Å². The van der Waals surface area contributed by atoms with Crippen molar-refractivity contribution in [2.45, 2.75) is 13.5 Å². The first-order valence-electron chi connectivity index (χ1n) is 5.34. The molecule has 3 N–H and O–H groups in total. The summed E-state index contributed by atoms with van der Waals surface area (Å²) in [6, 6.07) is 9.49. The molecule has 5 heteroatoms. The van der Waals surface area contributed by atoms with E-state index in [1.165, 1.54) is 0 Å². The second-order valence-electron chi connectivity index (χ2n) is 3.72. The lowest BCUT2D eigenvalue weighted by molar-refractivity contribution is 0.251. The number of aromatic amines is 1.